The number of hydrogen-bond acceptors (Lipinski definition) is 4. The van der Waals surface area contributed by atoms with E-state index >= 15 is 0 Å². The fourth-order valence-electron chi connectivity index (χ4n) is 2.74. The maximum atomic E-state index is 12.5. The third kappa shape index (κ3) is 7.52. The van der Waals surface area contributed by atoms with E-state index < -0.39 is 9.84 Å². The van der Waals surface area contributed by atoms with Gasteiger partial charge in [0.1, 0.15) is 0 Å². The lowest BCUT2D eigenvalue weighted by Crippen LogP contribution is -2.20. The van der Waals surface area contributed by atoms with Crippen LogP contribution < -0.4 is 10.6 Å². The largest absolute Gasteiger partial charge is 0.356 e. The first kappa shape index (κ1) is 21.6. The van der Waals surface area contributed by atoms with Gasteiger partial charge in [-0.3, -0.25) is 9.59 Å². The summed E-state index contributed by atoms with van der Waals surface area (Å²) < 4.78 is 25.0. The summed E-state index contributed by atoms with van der Waals surface area (Å²) in [6, 6.07) is 15.2. The van der Waals surface area contributed by atoms with E-state index in [0.717, 1.165) is 19.3 Å². The molecule has 2 rings (SSSR count). The van der Waals surface area contributed by atoms with Gasteiger partial charge in [-0.15, -0.1) is 0 Å². The van der Waals surface area contributed by atoms with Gasteiger partial charge in [0.05, 0.1) is 10.6 Å². The predicted octanol–water partition coefficient (Wildman–Crippen LogP) is 3.30. The van der Waals surface area contributed by atoms with E-state index in [-0.39, 0.29) is 22.5 Å². The lowest BCUT2D eigenvalue weighted by Gasteiger charge is -2.09. The first-order chi connectivity index (χ1) is 13.4. The van der Waals surface area contributed by atoms with Gasteiger partial charge >= 0.3 is 0 Å². The Labute approximate surface area is 166 Å². The molecular weight excluding hydrogens is 376 g/mol. The Bertz CT molecular complexity index is 896. The lowest BCUT2D eigenvalue weighted by molar-refractivity contribution is -0.119. The van der Waals surface area contributed by atoms with Crippen LogP contribution in [0.25, 0.3) is 0 Å². The van der Waals surface area contributed by atoms with Crippen LogP contribution in [0.2, 0.25) is 0 Å². The zero-order valence-corrected chi connectivity index (χ0v) is 16.8. The van der Waals surface area contributed by atoms with Gasteiger partial charge in [-0.25, -0.2) is 8.42 Å². The van der Waals surface area contributed by atoms with Crippen molar-refractivity contribution in [3.63, 3.8) is 0 Å². The minimum atomic E-state index is -3.43. The predicted molar refractivity (Wildman–Crippen MR) is 110 cm³/mol. The van der Waals surface area contributed by atoms with Gasteiger partial charge in [0.2, 0.25) is 11.8 Å². The average molecular weight is 403 g/mol. The number of carbonyl (C=O) groups excluding carboxylic acids is 2. The van der Waals surface area contributed by atoms with Crippen LogP contribution in [-0.2, 0) is 25.2 Å². The second kappa shape index (κ2) is 10.6. The molecule has 28 heavy (non-hydrogen) atoms. The second-order valence-electron chi connectivity index (χ2n) is 6.61. The third-order valence-corrected chi connectivity index (χ3v) is 5.83. The molecule has 0 atom stereocenters. The van der Waals surface area contributed by atoms with Gasteiger partial charge in [0.15, 0.2) is 9.84 Å². The number of amides is 2. The monoisotopic (exact) mass is 402 g/mol. The number of benzene rings is 2. The fourth-order valence-corrected chi connectivity index (χ4v) is 4.10. The molecule has 0 heterocycles. The van der Waals surface area contributed by atoms with Crippen LogP contribution in [0.5, 0.6) is 0 Å². The topological polar surface area (TPSA) is 92.3 Å². The SMILES string of the molecule is CC(=O)NCCCCCC(=O)Nc1cccc(CS(=O)(=O)c2ccccc2)c1. The van der Waals surface area contributed by atoms with E-state index in [4.69, 9.17) is 0 Å². The van der Waals surface area contributed by atoms with Crippen LogP contribution in [0, 0.1) is 0 Å². The molecule has 0 saturated carbocycles. The quantitative estimate of drug-likeness (QED) is 0.597. The molecule has 150 valence electrons. The molecule has 0 radical (unpaired) electrons. The van der Waals surface area contributed by atoms with E-state index in [1.807, 2.05) is 0 Å². The van der Waals surface area contributed by atoms with Crippen LogP contribution in [0.15, 0.2) is 59.5 Å². The van der Waals surface area contributed by atoms with Crippen LogP contribution in [0.3, 0.4) is 0 Å². The number of nitrogens with one attached hydrogen (secondary N) is 2. The summed E-state index contributed by atoms with van der Waals surface area (Å²) in [5.74, 6) is -0.279. The Balaban J connectivity index is 1.84. The third-order valence-electron chi connectivity index (χ3n) is 4.12. The van der Waals surface area contributed by atoms with E-state index in [1.165, 1.54) is 6.92 Å². The highest BCUT2D eigenvalue weighted by atomic mass is 32.2. The Morgan fingerprint density at radius 3 is 2.39 bits per heavy atom. The Morgan fingerprint density at radius 1 is 0.929 bits per heavy atom. The summed E-state index contributed by atoms with van der Waals surface area (Å²) in [4.78, 5) is 23.1. The standard InChI is InChI=1S/C21H26N2O4S/c1-17(24)22-14-7-3-6-13-21(25)23-19-10-8-9-18(15-19)16-28(26,27)20-11-4-2-5-12-20/h2,4-5,8-12,15H,3,6-7,13-14,16H2,1H3,(H,22,24)(H,23,25). The molecule has 0 saturated heterocycles. The summed E-state index contributed by atoms with van der Waals surface area (Å²) in [5, 5.41) is 5.53. The Morgan fingerprint density at radius 2 is 1.68 bits per heavy atom. The van der Waals surface area contributed by atoms with Crippen LogP contribution in [-0.4, -0.2) is 26.8 Å². The number of rotatable bonds is 10. The van der Waals surface area contributed by atoms with Crippen molar-refractivity contribution in [3.05, 3.63) is 60.2 Å². The number of unbranched alkanes of at least 4 members (excludes halogenated alkanes) is 2. The van der Waals surface area contributed by atoms with Gasteiger partial charge in [0, 0.05) is 25.6 Å². The first-order valence-corrected chi connectivity index (χ1v) is 10.9. The number of hydrogen-bond donors (Lipinski definition) is 2. The van der Waals surface area contributed by atoms with Crippen molar-refractivity contribution < 1.29 is 18.0 Å². The van der Waals surface area contributed by atoms with Crippen molar-refractivity contribution in [1.82, 2.24) is 5.32 Å². The summed E-state index contributed by atoms with van der Waals surface area (Å²) in [5.41, 5.74) is 1.21. The van der Waals surface area contributed by atoms with E-state index in [9.17, 15) is 18.0 Å². The molecule has 0 unspecified atom stereocenters. The lowest BCUT2D eigenvalue weighted by atomic mass is 10.1. The minimum absolute atomic E-state index is 0.0492. The molecule has 2 N–H and O–H groups in total. The minimum Gasteiger partial charge on any atom is -0.356 e. The molecule has 2 amide bonds. The van der Waals surface area contributed by atoms with E-state index in [2.05, 4.69) is 10.6 Å². The molecule has 0 spiro atoms. The molecule has 0 aromatic heterocycles. The van der Waals surface area contributed by atoms with Gasteiger partial charge < -0.3 is 10.6 Å². The molecular formula is C21H26N2O4S. The summed E-state index contributed by atoms with van der Waals surface area (Å²) >= 11 is 0. The number of anilines is 1. The molecule has 0 fully saturated rings. The Hall–Kier alpha value is -2.67. The van der Waals surface area contributed by atoms with Gasteiger partial charge in [-0.05, 0) is 42.7 Å². The zero-order valence-electron chi connectivity index (χ0n) is 16.0. The maximum absolute atomic E-state index is 12.5. The fraction of sp³-hybridized carbons (Fsp3) is 0.333. The van der Waals surface area contributed by atoms with Crippen LogP contribution in [0.1, 0.15) is 38.2 Å². The smallest absolute Gasteiger partial charge is 0.224 e. The van der Waals surface area contributed by atoms with Gasteiger partial charge in [-0.1, -0.05) is 36.8 Å². The van der Waals surface area contributed by atoms with Crippen molar-refractivity contribution in [2.45, 2.75) is 43.3 Å². The molecule has 6 nitrogen and oxygen atoms in total. The van der Waals surface area contributed by atoms with Crippen molar-refractivity contribution in [3.8, 4) is 0 Å². The van der Waals surface area contributed by atoms with Crippen molar-refractivity contribution in [2.75, 3.05) is 11.9 Å². The zero-order chi connectivity index (χ0) is 20.4. The Kier molecular flexibility index (Phi) is 8.19. The van der Waals surface area contributed by atoms with Gasteiger partial charge in [-0.2, -0.15) is 0 Å². The molecule has 7 heteroatoms. The maximum Gasteiger partial charge on any atom is 0.224 e. The highest BCUT2D eigenvalue weighted by molar-refractivity contribution is 7.90. The second-order valence-corrected chi connectivity index (χ2v) is 8.60. The molecule has 0 aliphatic rings. The van der Waals surface area contributed by atoms with Crippen molar-refractivity contribution in [2.24, 2.45) is 0 Å². The summed E-state index contributed by atoms with van der Waals surface area (Å²) in [6.07, 6.45) is 2.79. The van der Waals surface area contributed by atoms with Crippen molar-refractivity contribution >= 4 is 27.3 Å². The van der Waals surface area contributed by atoms with Crippen molar-refractivity contribution in [1.29, 1.82) is 0 Å². The highest BCUT2D eigenvalue weighted by Crippen LogP contribution is 2.19. The van der Waals surface area contributed by atoms with Crippen LogP contribution >= 0.6 is 0 Å². The molecule has 2 aromatic carbocycles. The molecule has 0 aliphatic carbocycles. The van der Waals surface area contributed by atoms with E-state index in [0.29, 0.717) is 24.2 Å². The summed E-state index contributed by atoms with van der Waals surface area (Å²) in [6.45, 7) is 2.10. The van der Waals surface area contributed by atoms with Gasteiger partial charge in [0.25, 0.3) is 0 Å². The van der Waals surface area contributed by atoms with Crippen LogP contribution in [0.4, 0.5) is 5.69 Å². The van der Waals surface area contributed by atoms with E-state index in [1.54, 1.807) is 54.6 Å². The number of carbonyl (C=O) groups is 2. The number of sulfone groups is 1. The highest BCUT2D eigenvalue weighted by Gasteiger charge is 2.15. The summed E-state index contributed by atoms with van der Waals surface area (Å²) in [7, 11) is -3.43. The first-order valence-electron chi connectivity index (χ1n) is 9.28. The molecule has 0 bridgehead atoms. The average Bonchev–Trinajstić information content (AvgIpc) is 2.65. The molecule has 0 aliphatic heterocycles. The normalized spacial score (nSPS) is 11.0. The molecule has 2 aromatic rings.